The molecule has 0 spiro atoms. The molecule has 110 valence electrons. The molecular formula is C15H24N4S. The van der Waals surface area contributed by atoms with Crippen LogP contribution < -0.4 is 10.6 Å². The van der Waals surface area contributed by atoms with Crippen molar-refractivity contribution in [2.45, 2.75) is 24.8 Å². The van der Waals surface area contributed by atoms with Crippen LogP contribution in [0.2, 0.25) is 0 Å². The van der Waals surface area contributed by atoms with Crippen LogP contribution in [0.15, 0.2) is 23.1 Å². The molecule has 3 N–H and O–H groups in total. The van der Waals surface area contributed by atoms with Crippen molar-refractivity contribution in [1.82, 2.24) is 4.90 Å². The maximum absolute atomic E-state index is 7.93. The molecule has 0 aliphatic carbocycles. The molecule has 0 saturated carbocycles. The van der Waals surface area contributed by atoms with E-state index in [2.05, 4.69) is 48.9 Å². The van der Waals surface area contributed by atoms with E-state index in [1.54, 1.807) is 11.8 Å². The van der Waals surface area contributed by atoms with Crippen molar-refractivity contribution in [1.29, 1.82) is 5.41 Å². The van der Waals surface area contributed by atoms with Gasteiger partial charge >= 0.3 is 0 Å². The Labute approximate surface area is 125 Å². The van der Waals surface area contributed by atoms with Gasteiger partial charge in [0, 0.05) is 36.3 Å². The van der Waals surface area contributed by atoms with Crippen molar-refractivity contribution in [3.63, 3.8) is 0 Å². The molecule has 0 amide bonds. The van der Waals surface area contributed by atoms with Gasteiger partial charge in [0.2, 0.25) is 0 Å². The number of nitrogens with zero attached hydrogens (tertiary/aromatic N) is 2. The number of thioether (sulfide) groups is 1. The van der Waals surface area contributed by atoms with Gasteiger partial charge in [-0.05, 0) is 31.9 Å². The van der Waals surface area contributed by atoms with E-state index in [4.69, 9.17) is 11.1 Å². The lowest BCUT2D eigenvalue weighted by molar-refractivity contribution is 0.234. The zero-order valence-electron chi connectivity index (χ0n) is 12.5. The molecule has 4 nitrogen and oxygen atoms in total. The SMILES string of the molecule is CCSc1cccc(N2CCN(C)C(C)C2)c1C(=N)N. The summed E-state index contributed by atoms with van der Waals surface area (Å²) < 4.78 is 0. The van der Waals surface area contributed by atoms with Gasteiger partial charge < -0.3 is 15.5 Å². The normalized spacial score (nSPS) is 20.1. The van der Waals surface area contributed by atoms with E-state index in [0.717, 1.165) is 41.5 Å². The van der Waals surface area contributed by atoms with Crippen LogP contribution in [-0.2, 0) is 0 Å². The summed E-state index contributed by atoms with van der Waals surface area (Å²) >= 11 is 1.75. The van der Waals surface area contributed by atoms with Crippen LogP contribution >= 0.6 is 11.8 Å². The monoisotopic (exact) mass is 292 g/mol. The predicted molar refractivity (Wildman–Crippen MR) is 88.2 cm³/mol. The summed E-state index contributed by atoms with van der Waals surface area (Å²) in [6.07, 6.45) is 0. The molecule has 1 aromatic carbocycles. The molecule has 1 aliphatic heterocycles. The third kappa shape index (κ3) is 3.10. The molecule has 0 radical (unpaired) electrons. The van der Waals surface area contributed by atoms with Gasteiger partial charge in [0.1, 0.15) is 5.84 Å². The van der Waals surface area contributed by atoms with E-state index in [1.807, 2.05) is 0 Å². The van der Waals surface area contributed by atoms with Gasteiger partial charge in [0.05, 0.1) is 5.56 Å². The minimum absolute atomic E-state index is 0.170. The summed E-state index contributed by atoms with van der Waals surface area (Å²) in [5.74, 6) is 1.16. The van der Waals surface area contributed by atoms with Crippen LogP contribution in [0.5, 0.6) is 0 Å². The number of nitrogens with two attached hydrogens (primary N) is 1. The Morgan fingerprint density at radius 2 is 2.20 bits per heavy atom. The van der Waals surface area contributed by atoms with Crippen molar-refractivity contribution in [2.75, 3.05) is 37.3 Å². The molecule has 1 heterocycles. The quantitative estimate of drug-likeness (QED) is 0.507. The van der Waals surface area contributed by atoms with Gasteiger partial charge in [0.15, 0.2) is 0 Å². The maximum atomic E-state index is 7.93. The highest BCUT2D eigenvalue weighted by molar-refractivity contribution is 7.99. The van der Waals surface area contributed by atoms with Crippen molar-refractivity contribution in [3.8, 4) is 0 Å². The van der Waals surface area contributed by atoms with Crippen molar-refractivity contribution in [3.05, 3.63) is 23.8 Å². The fourth-order valence-corrected chi connectivity index (χ4v) is 3.44. The zero-order valence-corrected chi connectivity index (χ0v) is 13.3. The molecule has 1 atom stereocenters. The average Bonchev–Trinajstić information content (AvgIpc) is 2.42. The fourth-order valence-electron chi connectivity index (χ4n) is 2.60. The highest BCUT2D eigenvalue weighted by atomic mass is 32.2. The lowest BCUT2D eigenvalue weighted by atomic mass is 10.1. The Morgan fingerprint density at radius 1 is 1.45 bits per heavy atom. The topological polar surface area (TPSA) is 56.4 Å². The number of benzene rings is 1. The largest absolute Gasteiger partial charge is 0.384 e. The summed E-state index contributed by atoms with van der Waals surface area (Å²) in [6, 6.07) is 6.75. The minimum atomic E-state index is 0.170. The van der Waals surface area contributed by atoms with Crippen LogP contribution in [0.4, 0.5) is 5.69 Å². The number of nitrogen functional groups attached to an aromatic ring is 1. The number of amidine groups is 1. The zero-order chi connectivity index (χ0) is 14.7. The Bertz CT molecular complexity index is 489. The van der Waals surface area contributed by atoms with Crippen molar-refractivity contribution < 1.29 is 0 Å². The van der Waals surface area contributed by atoms with E-state index < -0.39 is 0 Å². The van der Waals surface area contributed by atoms with Crippen LogP contribution in [0, 0.1) is 5.41 Å². The Morgan fingerprint density at radius 3 is 2.80 bits per heavy atom. The number of hydrogen-bond acceptors (Lipinski definition) is 4. The molecule has 2 rings (SSSR count). The number of likely N-dealkylation sites (N-methyl/N-ethyl adjacent to an activating group) is 1. The van der Waals surface area contributed by atoms with E-state index in [9.17, 15) is 0 Å². The van der Waals surface area contributed by atoms with Gasteiger partial charge in [-0.15, -0.1) is 11.8 Å². The average molecular weight is 292 g/mol. The standard InChI is InChI=1S/C15H24N4S/c1-4-20-13-7-5-6-12(14(13)15(16)17)19-9-8-18(3)11(2)10-19/h5-7,11H,4,8-10H2,1-3H3,(H3,16,17). The Kier molecular flexibility index (Phi) is 4.94. The second-order valence-electron chi connectivity index (χ2n) is 5.27. The first-order valence-corrected chi connectivity index (χ1v) is 8.08. The van der Waals surface area contributed by atoms with Crippen LogP contribution in [0.3, 0.4) is 0 Å². The smallest absolute Gasteiger partial charge is 0.126 e. The molecule has 0 bridgehead atoms. The number of piperazine rings is 1. The van der Waals surface area contributed by atoms with Gasteiger partial charge in [0.25, 0.3) is 0 Å². The fraction of sp³-hybridized carbons (Fsp3) is 0.533. The van der Waals surface area contributed by atoms with E-state index >= 15 is 0 Å². The lowest BCUT2D eigenvalue weighted by Crippen LogP contribution is -2.50. The molecule has 20 heavy (non-hydrogen) atoms. The first-order valence-electron chi connectivity index (χ1n) is 7.10. The summed E-state index contributed by atoms with van der Waals surface area (Å²) in [5, 5.41) is 7.93. The van der Waals surface area contributed by atoms with E-state index in [1.165, 1.54) is 0 Å². The first-order chi connectivity index (χ1) is 9.54. The molecule has 1 fully saturated rings. The van der Waals surface area contributed by atoms with Gasteiger partial charge in [-0.1, -0.05) is 13.0 Å². The molecular weight excluding hydrogens is 268 g/mol. The van der Waals surface area contributed by atoms with Crippen LogP contribution in [0.1, 0.15) is 19.4 Å². The summed E-state index contributed by atoms with van der Waals surface area (Å²) in [4.78, 5) is 5.85. The second kappa shape index (κ2) is 6.50. The Hall–Kier alpha value is -1.20. The van der Waals surface area contributed by atoms with Gasteiger partial charge in [-0.3, -0.25) is 5.41 Å². The molecule has 1 unspecified atom stereocenters. The van der Waals surface area contributed by atoms with E-state index in [-0.39, 0.29) is 5.84 Å². The first kappa shape index (κ1) is 15.2. The highest BCUT2D eigenvalue weighted by Crippen LogP contribution is 2.31. The van der Waals surface area contributed by atoms with Gasteiger partial charge in [-0.25, -0.2) is 0 Å². The summed E-state index contributed by atoms with van der Waals surface area (Å²) in [5.41, 5.74) is 7.85. The number of anilines is 1. The number of nitrogens with one attached hydrogen (secondary N) is 1. The third-order valence-corrected chi connectivity index (χ3v) is 4.81. The predicted octanol–water partition coefficient (Wildman–Crippen LogP) is 2.22. The Balaban J connectivity index is 2.35. The molecule has 1 aliphatic rings. The summed E-state index contributed by atoms with van der Waals surface area (Å²) in [7, 11) is 2.16. The summed E-state index contributed by atoms with van der Waals surface area (Å²) in [6.45, 7) is 7.38. The van der Waals surface area contributed by atoms with Crippen LogP contribution in [0.25, 0.3) is 0 Å². The molecule has 0 aromatic heterocycles. The minimum Gasteiger partial charge on any atom is -0.384 e. The number of rotatable bonds is 4. The van der Waals surface area contributed by atoms with Crippen molar-refractivity contribution in [2.24, 2.45) is 5.73 Å². The highest BCUT2D eigenvalue weighted by Gasteiger charge is 2.24. The lowest BCUT2D eigenvalue weighted by Gasteiger charge is -2.39. The van der Waals surface area contributed by atoms with Crippen molar-refractivity contribution >= 4 is 23.3 Å². The molecule has 1 saturated heterocycles. The van der Waals surface area contributed by atoms with Crippen LogP contribution in [-0.4, -0.2) is 49.2 Å². The maximum Gasteiger partial charge on any atom is 0.126 e. The second-order valence-corrected chi connectivity index (χ2v) is 6.58. The number of hydrogen-bond donors (Lipinski definition) is 2. The third-order valence-electron chi connectivity index (χ3n) is 3.87. The molecule has 5 heteroatoms. The molecule has 1 aromatic rings. The van der Waals surface area contributed by atoms with E-state index in [0.29, 0.717) is 6.04 Å². The van der Waals surface area contributed by atoms with Gasteiger partial charge in [-0.2, -0.15) is 0 Å².